The third kappa shape index (κ3) is 4.70. The van der Waals surface area contributed by atoms with Gasteiger partial charge in [0.25, 0.3) is 0 Å². The maximum Gasteiger partial charge on any atom is 0.214 e. The third-order valence-electron chi connectivity index (χ3n) is 7.13. The van der Waals surface area contributed by atoms with E-state index in [0.717, 1.165) is 25.5 Å². The lowest BCUT2D eigenvalue weighted by atomic mass is 9.95. The average molecular weight is 419 g/mol. The summed E-state index contributed by atoms with van der Waals surface area (Å²) in [5.41, 5.74) is 2.76. The largest absolute Gasteiger partial charge is 0.322 e. The van der Waals surface area contributed by atoms with Crippen LogP contribution in [0, 0.1) is 0 Å². The van der Waals surface area contributed by atoms with Crippen LogP contribution in [0.25, 0.3) is 0 Å². The number of hydrogen-bond donors (Lipinski definition) is 2. The molecule has 31 heavy (non-hydrogen) atoms. The maximum absolute atomic E-state index is 4.60. The van der Waals surface area contributed by atoms with E-state index in [0.29, 0.717) is 6.04 Å². The molecule has 0 spiro atoms. The fourth-order valence-corrected chi connectivity index (χ4v) is 5.46. The monoisotopic (exact) mass is 418 g/mol. The zero-order valence-corrected chi connectivity index (χ0v) is 18.3. The van der Waals surface area contributed by atoms with Crippen LogP contribution in [-0.2, 0) is 6.54 Å². The van der Waals surface area contributed by atoms with Gasteiger partial charge in [0.1, 0.15) is 32.7 Å². The van der Waals surface area contributed by atoms with Crippen LogP contribution in [0.3, 0.4) is 0 Å². The standard InChI is InChI=1S/C25H32N6/c1-4-10-21(11-5-1)20-29-16-18-30(19-17-29)24(22-12-6-2-7-13-22)25-26-27-28-31(25)23-14-8-3-9-15-23/h1-2,4-7,10-13,23-24H,3,8-9,14-20H2/p+2/t24-/m0/s1. The minimum absolute atomic E-state index is 0.205. The van der Waals surface area contributed by atoms with Crippen molar-refractivity contribution in [2.24, 2.45) is 0 Å². The van der Waals surface area contributed by atoms with E-state index in [2.05, 4.69) is 80.9 Å². The van der Waals surface area contributed by atoms with Crippen LogP contribution in [0.2, 0.25) is 0 Å². The molecule has 6 nitrogen and oxygen atoms in total. The molecule has 2 N–H and O–H groups in total. The zero-order chi connectivity index (χ0) is 20.9. The SMILES string of the molecule is c1ccc(C[NH+]2CC[NH+]([C@@H](c3ccccc3)c3nnnn3C3CCCCC3)CC2)cc1. The fraction of sp³-hybridized carbons (Fsp3) is 0.480. The Balaban J connectivity index is 1.36. The van der Waals surface area contributed by atoms with Crippen LogP contribution >= 0.6 is 0 Å². The quantitative estimate of drug-likeness (QED) is 0.634. The molecule has 6 heteroatoms. The second kappa shape index (κ2) is 9.71. The number of aromatic nitrogens is 4. The van der Waals surface area contributed by atoms with Crippen LogP contribution in [0.15, 0.2) is 60.7 Å². The predicted molar refractivity (Wildman–Crippen MR) is 120 cm³/mol. The highest BCUT2D eigenvalue weighted by molar-refractivity contribution is 5.22. The summed E-state index contributed by atoms with van der Waals surface area (Å²) < 4.78 is 2.17. The molecule has 5 rings (SSSR count). The van der Waals surface area contributed by atoms with E-state index in [-0.39, 0.29) is 6.04 Å². The zero-order valence-electron chi connectivity index (χ0n) is 18.3. The number of quaternary nitrogens is 2. The predicted octanol–water partition coefficient (Wildman–Crippen LogP) is 1.25. The molecule has 0 bridgehead atoms. The summed E-state index contributed by atoms with van der Waals surface area (Å²) >= 11 is 0. The Hall–Kier alpha value is -2.57. The molecule has 1 saturated heterocycles. The summed E-state index contributed by atoms with van der Waals surface area (Å²) in [5, 5.41) is 13.2. The highest BCUT2D eigenvalue weighted by Crippen LogP contribution is 2.29. The molecule has 2 fully saturated rings. The summed E-state index contributed by atoms with van der Waals surface area (Å²) in [6.07, 6.45) is 6.31. The first kappa shape index (κ1) is 20.3. The summed E-state index contributed by atoms with van der Waals surface area (Å²) in [4.78, 5) is 3.27. The van der Waals surface area contributed by atoms with E-state index in [4.69, 9.17) is 0 Å². The number of rotatable bonds is 6. The molecule has 1 aliphatic heterocycles. The van der Waals surface area contributed by atoms with Crippen LogP contribution in [-0.4, -0.2) is 46.4 Å². The first-order valence-electron chi connectivity index (χ1n) is 11.9. The van der Waals surface area contributed by atoms with Gasteiger partial charge in [-0.3, -0.25) is 0 Å². The molecule has 1 saturated carbocycles. The second-order valence-corrected chi connectivity index (χ2v) is 9.19. The molecule has 3 aromatic rings. The summed E-state index contributed by atoms with van der Waals surface area (Å²) in [6.45, 7) is 5.75. The number of hydrogen-bond acceptors (Lipinski definition) is 3. The van der Waals surface area contributed by atoms with Gasteiger partial charge in [-0.2, -0.15) is 0 Å². The van der Waals surface area contributed by atoms with E-state index in [1.165, 1.54) is 56.3 Å². The number of benzene rings is 2. The molecule has 0 amide bonds. The number of nitrogens with zero attached hydrogens (tertiary/aromatic N) is 4. The van der Waals surface area contributed by atoms with Crippen molar-refractivity contribution in [3.05, 3.63) is 77.6 Å². The van der Waals surface area contributed by atoms with Crippen molar-refractivity contribution < 1.29 is 9.80 Å². The summed E-state index contributed by atoms with van der Waals surface area (Å²) in [5.74, 6) is 1.06. The van der Waals surface area contributed by atoms with Crippen LogP contribution in [0.5, 0.6) is 0 Å². The second-order valence-electron chi connectivity index (χ2n) is 9.19. The van der Waals surface area contributed by atoms with Gasteiger partial charge in [0.2, 0.25) is 5.82 Å². The first-order valence-corrected chi connectivity index (χ1v) is 11.9. The molecule has 162 valence electrons. The molecule has 0 radical (unpaired) electrons. The molecule has 1 aliphatic carbocycles. The molecular formula is C25H34N6+2. The number of tetrazole rings is 1. The minimum atomic E-state index is 0.205. The van der Waals surface area contributed by atoms with Crippen molar-refractivity contribution in [2.45, 2.75) is 50.7 Å². The summed E-state index contributed by atoms with van der Waals surface area (Å²) in [6, 6.07) is 22.4. The lowest BCUT2D eigenvalue weighted by Crippen LogP contribution is -3.27. The van der Waals surface area contributed by atoms with Gasteiger partial charge in [-0.15, -0.1) is 5.10 Å². The Morgan fingerprint density at radius 3 is 2.23 bits per heavy atom. The van der Waals surface area contributed by atoms with Gasteiger partial charge in [-0.25, -0.2) is 4.68 Å². The van der Waals surface area contributed by atoms with E-state index in [9.17, 15) is 0 Å². The molecule has 1 atom stereocenters. The van der Waals surface area contributed by atoms with Crippen molar-refractivity contribution >= 4 is 0 Å². The summed E-state index contributed by atoms with van der Waals surface area (Å²) in [7, 11) is 0. The molecule has 2 aliphatic rings. The maximum atomic E-state index is 4.60. The van der Waals surface area contributed by atoms with Crippen molar-refractivity contribution in [1.82, 2.24) is 20.2 Å². The molecule has 0 unspecified atom stereocenters. The Kier molecular flexibility index (Phi) is 6.37. The minimum Gasteiger partial charge on any atom is -0.322 e. The van der Waals surface area contributed by atoms with Gasteiger partial charge in [0.15, 0.2) is 6.04 Å². The van der Waals surface area contributed by atoms with Crippen LogP contribution in [0.1, 0.15) is 61.1 Å². The van der Waals surface area contributed by atoms with Crippen LogP contribution in [0.4, 0.5) is 0 Å². The van der Waals surface area contributed by atoms with Crippen molar-refractivity contribution in [1.29, 1.82) is 0 Å². The van der Waals surface area contributed by atoms with Crippen LogP contribution < -0.4 is 9.80 Å². The van der Waals surface area contributed by atoms with Gasteiger partial charge in [0.05, 0.1) is 6.04 Å². The van der Waals surface area contributed by atoms with Crippen molar-refractivity contribution in [2.75, 3.05) is 26.2 Å². The average Bonchev–Trinajstić information content (AvgIpc) is 3.32. The van der Waals surface area contributed by atoms with Crippen molar-refractivity contribution in [3.63, 3.8) is 0 Å². The molecule has 1 aromatic heterocycles. The van der Waals surface area contributed by atoms with E-state index < -0.39 is 0 Å². The number of nitrogens with one attached hydrogen (secondary N) is 2. The van der Waals surface area contributed by atoms with Gasteiger partial charge >= 0.3 is 0 Å². The topological polar surface area (TPSA) is 52.5 Å². The lowest BCUT2D eigenvalue weighted by Gasteiger charge is -2.35. The van der Waals surface area contributed by atoms with E-state index in [1.807, 2.05) is 0 Å². The van der Waals surface area contributed by atoms with E-state index >= 15 is 0 Å². The Bertz CT molecular complexity index is 927. The first-order chi connectivity index (χ1) is 15.4. The Morgan fingerprint density at radius 2 is 1.52 bits per heavy atom. The van der Waals surface area contributed by atoms with Gasteiger partial charge in [0, 0.05) is 11.1 Å². The van der Waals surface area contributed by atoms with Gasteiger partial charge < -0.3 is 9.80 Å². The number of piperazine rings is 1. The van der Waals surface area contributed by atoms with Gasteiger partial charge in [-0.1, -0.05) is 79.9 Å². The molecular weight excluding hydrogens is 384 g/mol. The fourth-order valence-electron chi connectivity index (χ4n) is 5.46. The highest BCUT2D eigenvalue weighted by Gasteiger charge is 2.36. The van der Waals surface area contributed by atoms with Crippen molar-refractivity contribution in [3.8, 4) is 0 Å². The third-order valence-corrected chi connectivity index (χ3v) is 7.13. The van der Waals surface area contributed by atoms with E-state index in [1.54, 1.807) is 9.80 Å². The highest BCUT2D eigenvalue weighted by atomic mass is 15.6. The lowest BCUT2D eigenvalue weighted by molar-refractivity contribution is -1.03. The smallest absolute Gasteiger partial charge is 0.214 e. The van der Waals surface area contributed by atoms with Gasteiger partial charge in [-0.05, 0) is 23.3 Å². The molecule has 2 aromatic carbocycles. The Morgan fingerprint density at radius 1 is 0.839 bits per heavy atom. The normalized spacial score (nSPS) is 23.5. The Labute approximate surface area is 184 Å². The molecule has 2 heterocycles.